The first-order valence-electron chi connectivity index (χ1n) is 9.69. The van der Waals surface area contributed by atoms with Gasteiger partial charge in [-0.1, -0.05) is 54.6 Å². The van der Waals surface area contributed by atoms with Gasteiger partial charge < -0.3 is 5.11 Å². The van der Waals surface area contributed by atoms with Crippen molar-refractivity contribution in [3.63, 3.8) is 0 Å². The fourth-order valence-electron chi connectivity index (χ4n) is 3.60. The molecule has 4 rings (SSSR count). The third kappa shape index (κ3) is 4.15. The van der Waals surface area contributed by atoms with Crippen molar-refractivity contribution in [3.8, 4) is 5.75 Å². The maximum absolute atomic E-state index is 12.8. The lowest BCUT2D eigenvalue weighted by molar-refractivity contribution is -0.130. The van der Waals surface area contributed by atoms with E-state index in [0.29, 0.717) is 28.9 Å². The lowest BCUT2D eigenvalue weighted by atomic mass is 9.97. The summed E-state index contributed by atoms with van der Waals surface area (Å²) >= 11 is 0. The molecule has 2 N–H and O–H groups in total. The Hall–Kier alpha value is -3.65. The van der Waals surface area contributed by atoms with Crippen molar-refractivity contribution >= 4 is 27.3 Å². The molecule has 7 nitrogen and oxygen atoms in total. The van der Waals surface area contributed by atoms with Gasteiger partial charge in [-0.25, -0.2) is 13.4 Å². The predicted molar refractivity (Wildman–Crippen MR) is 118 cm³/mol. The van der Waals surface area contributed by atoms with Gasteiger partial charge >= 0.3 is 0 Å². The quantitative estimate of drug-likeness (QED) is 0.635. The summed E-state index contributed by atoms with van der Waals surface area (Å²) in [5.74, 6) is -0.195. The van der Waals surface area contributed by atoms with Crippen molar-refractivity contribution in [1.82, 2.24) is 5.01 Å². The highest BCUT2D eigenvalue weighted by Crippen LogP contribution is 2.38. The van der Waals surface area contributed by atoms with Gasteiger partial charge in [0, 0.05) is 24.5 Å². The minimum Gasteiger partial charge on any atom is -0.508 e. The van der Waals surface area contributed by atoms with Gasteiger partial charge in [-0.3, -0.25) is 9.52 Å². The molecule has 3 aromatic carbocycles. The van der Waals surface area contributed by atoms with Crippen LogP contribution in [0.3, 0.4) is 0 Å². The summed E-state index contributed by atoms with van der Waals surface area (Å²) in [6, 6.07) is 21.3. The number of nitrogens with zero attached hydrogens (tertiary/aromatic N) is 2. The Labute approximate surface area is 180 Å². The molecule has 1 aliphatic rings. The molecule has 3 aromatic rings. The van der Waals surface area contributed by atoms with Gasteiger partial charge in [0.2, 0.25) is 5.91 Å². The molecule has 31 heavy (non-hydrogen) atoms. The number of phenols is 1. The number of rotatable bonds is 5. The van der Waals surface area contributed by atoms with Crippen LogP contribution in [0.25, 0.3) is 0 Å². The fraction of sp³-hybridized carbons (Fsp3) is 0.130. The molecule has 158 valence electrons. The van der Waals surface area contributed by atoms with Gasteiger partial charge in [0.25, 0.3) is 10.0 Å². The molecule has 0 aromatic heterocycles. The van der Waals surface area contributed by atoms with Crippen molar-refractivity contribution in [2.45, 2.75) is 24.3 Å². The fourth-order valence-corrected chi connectivity index (χ4v) is 4.70. The van der Waals surface area contributed by atoms with E-state index >= 15 is 0 Å². The molecule has 0 saturated carbocycles. The zero-order valence-corrected chi connectivity index (χ0v) is 17.6. The topological polar surface area (TPSA) is 99.1 Å². The number of para-hydroxylation sites is 2. The molecule has 0 aliphatic carbocycles. The smallest absolute Gasteiger partial charge is 0.261 e. The number of aromatic hydroxyl groups is 1. The van der Waals surface area contributed by atoms with Gasteiger partial charge in [0.05, 0.1) is 22.3 Å². The zero-order chi connectivity index (χ0) is 22.0. The number of carbonyl (C=O) groups is 1. The Morgan fingerprint density at radius 1 is 1.00 bits per heavy atom. The van der Waals surface area contributed by atoms with Gasteiger partial charge in [-0.15, -0.1) is 0 Å². The van der Waals surface area contributed by atoms with E-state index in [1.807, 2.05) is 0 Å². The molecule has 1 amide bonds. The first-order valence-corrected chi connectivity index (χ1v) is 11.2. The van der Waals surface area contributed by atoms with E-state index in [0.717, 1.165) is 0 Å². The highest BCUT2D eigenvalue weighted by atomic mass is 32.2. The van der Waals surface area contributed by atoms with Crippen LogP contribution in [-0.4, -0.2) is 30.2 Å². The van der Waals surface area contributed by atoms with E-state index in [2.05, 4.69) is 9.82 Å². The van der Waals surface area contributed by atoms with Gasteiger partial charge in [0.15, 0.2) is 0 Å². The zero-order valence-electron chi connectivity index (χ0n) is 16.8. The molecule has 0 unspecified atom stereocenters. The summed E-state index contributed by atoms with van der Waals surface area (Å²) in [5.41, 5.74) is 2.08. The minimum atomic E-state index is -3.79. The molecular weight excluding hydrogens is 414 g/mol. The van der Waals surface area contributed by atoms with Gasteiger partial charge in [-0.05, 0) is 24.3 Å². The molecule has 0 fully saturated rings. The summed E-state index contributed by atoms with van der Waals surface area (Å²) in [6.45, 7) is 1.41. The van der Waals surface area contributed by atoms with Crippen LogP contribution >= 0.6 is 0 Å². The lowest BCUT2D eigenvalue weighted by Crippen LogP contribution is -2.24. The van der Waals surface area contributed by atoms with Crippen LogP contribution in [0.4, 0.5) is 5.69 Å². The Balaban J connectivity index is 1.70. The van der Waals surface area contributed by atoms with Crippen molar-refractivity contribution in [3.05, 3.63) is 90.0 Å². The van der Waals surface area contributed by atoms with Gasteiger partial charge in [-0.2, -0.15) is 5.10 Å². The third-order valence-corrected chi connectivity index (χ3v) is 6.45. The van der Waals surface area contributed by atoms with Crippen LogP contribution in [-0.2, 0) is 14.8 Å². The average Bonchev–Trinajstić information content (AvgIpc) is 3.20. The van der Waals surface area contributed by atoms with E-state index in [9.17, 15) is 18.3 Å². The summed E-state index contributed by atoms with van der Waals surface area (Å²) in [5, 5.41) is 16.1. The van der Waals surface area contributed by atoms with Crippen LogP contribution in [0.5, 0.6) is 5.75 Å². The van der Waals surface area contributed by atoms with E-state index in [1.165, 1.54) is 24.1 Å². The monoisotopic (exact) mass is 435 g/mol. The van der Waals surface area contributed by atoms with E-state index in [4.69, 9.17) is 0 Å². The van der Waals surface area contributed by atoms with Crippen molar-refractivity contribution < 1.29 is 18.3 Å². The summed E-state index contributed by atoms with van der Waals surface area (Å²) in [6.07, 6.45) is 0.335. The summed E-state index contributed by atoms with van der Waals surface area (Å²) in [4.78, 5) is 12.4. The molecule has 1 aliphatic heterocycles. The second-order valence-electron chi connectivity index (χ2n) is 7.15. The Bertz CT molecular complexity index is 1260. The van der Waals surface area contributed by atoms with Crippen molar-refractivity contribution in [2.24, 2.45) is 5.10 Å². The first-order chi connectivity index (χ1) is 14.9. The normalized spacial score (nSPS) is 16.1. The maximum atomic E-state index is 12.8. The van der Waals surface area contributed by atoms with Crippen LogP contribution in [0, 0.1) is 0 Å². The highest BCUT2D eigenvalue weighted by molar-refractivity contribution is 7.92. The largest absolute Gasteiger partial charge is 0.508 e. The van der Waals surface area contributed by atoms with Crippen LogP contribution in [0.1, 0.15) is 30.5 Å². The molecule has 0 spiro atoms. The van der Waals surface area contributed by atoms with E-state index in [-0.39, 0.29) is 16.6 Å². The van der Waals surface area contributed by atoms with Gasteiger partial charge in [0.1, 0.15) is 5.75 Å². The number of hydrazone groups is 1. The minimum absolute atomic E-state index is 0.0771. The van der Waals surface area contributed by atoms with Crippen molar-refractivity contribution in [1.29, 1.82) is 0 Å². The number of nitrogens with one attached hydrogen (secondary N) is 1. The van der Waals surface area contributed by atoms with Crippen molar-refractivity contribution in [2.75, 3.05) is 4.72 Å². The van der Waals surface area contributed by atoms with Crippen LogP contribution in [0.2, 0.25) is 0 Å². The molecule has 0 saturated heterocycles. The maximum Gasteiger partial charge on any atom is 0.261 e. The summed E-state index contributed by atoms with van der Waals surface area (Å²) < 4.78 is 28.3. The standard InChI is InChI=1S/C23H21N3O4S/c1-16(27)26-22(19-12-6-8-14-23(19)28)15-21(24-26)18-11-5-7-13-20(18)25-31(29,30)17-9-3-2-4-10-17/h2-14,22,25,28H,15H2,1H3/t22-/m1/s1. The lowest BCUT2D eigenvalue weighted by Gasteiger charge is -2.21. The number of phenolic OH excluding ortho intramolecular Hbond substituents is 1. The van der Waals surface area contributed by atoms with Crippen LogP contribution < -0.4 is 4.72 Å². The SMILES string of the molecule is CC(=O)N1N=C(c2ccccc2NS(=O)(=O)c2ccccc2)C[C@@H]1c1ccccc1O. The molecule has 1 heterocycles. The number of anilines is 1. The van der Waals surface area contributed by atoms with Crippen LogP contribution in [0.15, 0.2) is 88.9 Å². The molecular formula is C23H21N3O4S. The Morgan fingerprint density at radius 3 is 2.35 bits per heavy atom. The number of sulfonamides is 1. The second-order valence-corrected chi connectivity index (χ2v) is 8.84. The highest BCUT2D eigenvalue weighted by Gasteiger charge is 2.34. The number of amides is 1. The summed E-state index contributed by atoms with van der Waals surface area (Å²) in [7, 11) is -3.79. The third-order valence-electron chi connectivity index (χ3n) is 5.06. The second kappa shape index (κ2) is 8.23. The molecule has 1 atom stereocenters. The molecule has 8 heteroatoms. The number of carbonyl (C=O) groups excluding carboxylic acids is 1. The molecule has 0 bridgehead atoms. The Kier molecular flexibility index (Phi) is 5.48. The average molecular weight is 436 g/mol. The number of hydrogen-bond donors (Lipinski definition) is 2. The van der Waals surface area contributed by atoms with E-state index < -0.39 is 16.1 Å². The predicted octanol–water partition coefficient (Wildman–Crippen LogP) is 3.89. The number of benzene rings is 3. The number of hydrogen-bond acceptors (Lipinski definition) is 5. The first kappa shape index (κ1) is 20.6. The van der Waals surface area contributed by atoms with E-state index in [1.54, 1.807) is 66.7 Å². The Morgan fingerprint density at radius 2 is 1.65 bits per heavy atom. The molecule has 0 radical (unpaired) electrons.